The van der Waals surface area contributed by atoms with E-state index in [1.165, 1.54) is 5.06 Å². The van der Waals surface area contributed by atoms with Gasteiger partial charge in [-0.25, -0.2) is 0 Å². The molecule has 0 N–H and O–H groups in total. The predicted molar refractivity (Wildman–Crippen MR) is 98.3 cm³/mol. The van der Waals surface area contributed by atoms with Crippen molar-refractivity contribution in [2.45, 2.75) is 6.92 Å². The summed E-state index contributed by atoms with van der Waals surface area (Å²) in [5.74, 6) is 0.960. The van der Waals surface area contributed by atoms with E-state index < -0.39 is 0 Å². The average molecular weight is 390 g/mol. The Hall–Kier alpha value is -1.83. The van der Waals surface area contributed by atoms with Crippen LogP contribution in [0.3, 0.4) is 0 Å². The number of ether oxygens (including phenoxy) is 5. The fraction of sp³-hybridized carbons (Fsp3) is 0.800. The summed E-state index contributed by atoms with van der Waals surface area (Å²) < 4.78 is 26.0. The second-order valence-electron chi connectivity index (χ2n) is 5.20. The monoisotopic (exact) mass is 390 g/mol. The average Bonchev–Trinajstić information content (AvgIpc) is 2.67. The number of hydroxylamine groups is 1. The molecule has 0 amide bonds. The minimum absolute atomic E-state index is 0.139. The zero-order valence-corrected chi connectivity index (χ0v) is 16.9. The summed E-state index contributed by atoms with van der Waals surface area (Å²) in [5.41, 5.74) is 0. The molecular weight excluding hydrogens is 360 g/mol. The van der Waals surface area contributed by atoms with Crippen molar-refractivity contribution in [3.63, 3.8) is 0 Å². The van der Waals surface area contributed by atoms with Crippen molar-refractivity contribution in [2.24, 2.45) is 0 Å². The highest BCUT2D eigenvalue weighted by molar-refractivity contribution is 5.44. The van der Waals surface area contributed by atoms with E-state index in [9.17, 15) is 0 Å². The van der Waals surface area contributed by atoms with Crippen molar-refractivity contribution < 1.29 is 28.5 Å². The standard InChI is InChI=1S/C15H30N6O6/c1-7-27-21(12-26-6)15-17-13(19(8-22-2)9-23-3)16-14(18-15)20(10-24-4)11-25-5/h7-12H2,1-6H3. The van der Waals surface area contributed by atoms with Crippen molar-refractivity contribution in [1.82, 2.24) is 15.0 Å². The molecule has 12 heteroatoms. The normalized spacial score (nSPS) is 10.9. The minimum atomic E-state index is 0.139. The molecule has 0 fully saturated rings. The zero-order chi connectivity index (χ0) is 20.1. The summed E-state index contributed by atoms with van der Waals surface area (Å²) >= 11 is 0. The Labute approximate surface area is 159 Å². The van der Waals surface area contributed by atoms with Gasteiger partial charge in [0.25, 0.3) is 5.95 Å². The van der Waals surface area contributed by atoms with Crippen molar-refractivity contribution in [1.29, 1.82) is 0 Å². The van der Waals surface area contributed by atoms with Gasteiger partial charge >= 0.3 is 0 Å². The van der Waals surface area contributed by atoms with Gasteiger partial charge in [-0.15, -0.1) is 0 Å². The Bertz CT molecular complexity index is 424. The molecule has 0 radical (unpaired) electrons. The third kappa shape index (κ3) is 7.36. The Morgan fingerprint density at radius 3 is 1.30 bits per heavy atom. The van der Waals surface area contributed by atoms with Crippen LogP contribution in [-0.4, -0.2) is 90.8 Å². The summed E-state index contributed by atoms with van der Waals surface area (Å²) in [6.07, 6.45) is 0. The number of aromatic nitrogens is 3. The molecule has 1 heterocycles. The largest absolute Gasteiger partial charge is 0.364 e. The number of nitrogens with zero attached hydrogens (tertiary/aromatic N) is 6. The number of hydrogen-bond donors (Lipinski definition) is 0. The lowest BCUT2D eigenvalue weighted by atomic mass is 10.6. The first-order valence-corrected chi connectivity index (χ1v) is 8.26. The quantitative estimate of drug-likeness (QED) is 0.303. The lowest BCUT2D eigenvalue weighted by Gasteiger charge is -2.27. The molecular formula is C15H30N6O6. The molecule has 12 nitrogen and oxygen atoms in total. The van der Waals surface area contributed by atoms with Gasteiger partial charge in [0.2, 0.25) is 11.9 Å². The molecule has 0 atom stereocenters. The number of rotatable bonds is 15. The zero-order valence-electron chi connectivity index (χ0n) is 16.9. The van der Waals surface area contributed by atoms with E-state index in [-0.39, 0.29) is 39.6 Å². The molecule has 1 rings (SSSR count). The predicted octanol–water partition coefficient (Wildman–Crippen LogP) is 0.262. The molecule has 0 aliphatic rings. The first-order chi connectivity index (χ1) is 13.1. The Kier molecular flexibility index (Phi) is 11.5. The van der Waals surface area contributed by atoms with E-state index in [1.54, 1.807) is 45.3 Å². The SMILES string of the molecule is CCON(COC)c1nc(N(COC)COC)nc(N(COC)COC)n1. The Balaban J connectivity index is 3.38. The van der Waals surface area contributed by atoms with E-state index in [0.29, 0.717) is 18.5 Å². The second-order valence-corrected chi connectivity index (χ2v) is 5.20. The maximum Gasteiger partial charge on any atom is 0.258 e. The molecule has 0 aliphatic heterocycles. The minimum Gasteiger partial charge on any atom is -0.364 e. The Morgan fingerprint density at radius 2 is 0.963 bits per heavy atom. The summed E-state index contributed by atoms with van der Waals surface area (Å²) in [6, 6.07) is 0. The maximum atomic E-state index is 5.57. The molecule has 0 saturated heterocycles. The summed E-state index contributed by atoms with van der Waals surface area (Å²) in [4.78, 5) is 22.4. The molecule has 27 heavy (non-hydrogen) atoms. The van der Waals surface area contributed by atoms with Crippen molar-refractivity contribution >= 4 is 17.8 Å². The van der Waals surface area contributed by atoms with Crippen LogP contribution in [0.2, 0.25) is 0 Å². The molecule has 0 aliphatic carbocycles. The van der Waals surface area contributed by atoms with Crippen molar-refractivity contribution in [2.75, 3.05) is 90.7 Å². The smallest absolute Gasteiger partial charge is 0.258 e. The van der Waals surface area contributed by atoms with Gasteiger partial charge in [-0.05, 0) is 6.92 Å². The third-order valence-electron chi connectivity index (χ3n) is 3.06. The van der Waals surface area contributed by atoms with E-state index in [0.717, 1.165) is 0 Å². The molecule has 0 saturated carbocycles. The van der Waals surface area contributed by atoms with Crippen LogP contribution in [0.5, 0.6) is 0 Å². The number of anilines is 3. The molecule has 0 spiro atoms. The summed E-state index contributed by atoms with van der Waals surface area (Å²) in [7, 11) is 7.85. The topological polar surface area (TPSA) is 104 Å². The van der Waals surface area contributed by atoms with Gasteiger partial charge in [0.05, 0.1) is 6.61 Å². The first kappa shape index (κ1) is 23.2. The molecule has 0 bridgehead atoms. The third-order valence-corrected chi connectivity index (χ3v) is 3.06. The highest BCUT2D eigenvalue weighted by atomic mass is 16.7. The van der Waals surface area contributed by atoms with Crippen molar-refractivity contribution in [3.8, 4) is 0 Å². The van der Waals surface area contributed by atoms with Crippen LogP contribution in [-0.2, 0) is 28.5 Å². The van der Waals surface area contributed by atoms with Gasteiger partial charge in [-0.3, -0.25) is 14.6 Å². The van der Waals surface area contributed by atoms with Crippen LogP contribution in [0.4, 0.5) is 17.8 Å². The van der Waals surface area contributed by atoms with Crippen LogP contribution in [0.25, 0.3) is 0 Å². The van der Waals surface area contributed by atoms with E-state index in [2.05, 4.69) is 15.0 Å². The van der Waals surface area contributed by atoms with Crippen molar-refractivity contribution in [3.05, 3.63) is 0 Å². The second kappa shape index (κ2) is 13.4. The lowest BCUT2D eigenvalue weighted by molar-refractivity contribution is 0.0456. The number of methoxy groups -OCH3 is 5. The first-order valence-electron chi connectivity index (χ1n) is 8.26. The van der Waals surface area contributed by atoms with Gasteiger partial charge in [0.1, 0.15) is 33.7 Å². The summed E-state index contributed by atoms with van der Waals surface area (Å²) in [6.45, 7) is 3.32. The van der Waals surface area contributed by atoms with Crippen LogP contribution < -0.4 is 14.9 Å². The van der Waals surface area contributed by atoms with Gasteiger partial charge in [-0.1, -0.05) is 0 Å². The molecule has 0 aromatic carbocycles. The van der Waals surface area contributed by atoms with Gasteiger partial charge in [-0.2, -0.15) is 20.0 Å². The lowest BCUT2D eigenvalue weighted by Crippen LogP contribution is -2.35. The summed E-state index contributed by atoms with van der Waals surface area (Å²) in [5, 5.41) is 1.43. The Morgan fingerprint density at radius 1 is 0.593 bits per heavy atom. The van der Waals surface area contributed by atoms with E-state index >= 15 is 0 Å². The molecule has 0 unspecified atom stereocenters. The van der Waals surface area contributed by atoms with Gasteiger partial charge in [0.15, 0.2) is 0 Å². The highest BCUT2D eigenvalue weighted by Gasteiger charge is 2.21. The molecule has 1 aromatic rings. The fourth-order valence-electron chi connectivity index (χ4n) is 2.09. The molecule has 156 valence electrons. The van der Waals surface area contributed by atoms with E-state index in [4.69, 9.17) is 28.5 Å². The van der Waals surface area contributed by atoms with Gasteiger partial charge in [0, 0.05) is 35.5 Å². The van der Waals surface area contributed by atoms with Crippen LogP contribution in [0, 0.1) is 0 Å². The van der Waals surface area contributed by atoms with Crippen LogP contribution in [0.1, 0.15) is 6.92 Å². The van der Waals surface area contributed by atoms with E-state index in [1.807, 2.05) is 6.92 Å². The van der Waals surface area contributed by atoms with Crippen LogP contribution >= 0.6 is 0 Å². The van der Waals surface area contributed by atoms with Gasteiger partial charge < -0.3 is 23.7 Å². The maximum absolute atomic E-state index is 5.57. The number of hydrogen-bond acceptors (Lipinski definition) is 12. The molecule has 1 aromatic heterocycles. The van der Waals surface area contributed by atoms with Crippen LogP contribution in [0.15, 0.2) is 0 Å². The highest BCUT2D eigenvalue weighted by Crippen LogP contribution is 2.20. The fourth-order valence-corrected chi connectivity index (χ4v) is 2.09.